The number of hydrogen-bond acceptors (Lipinski definition) is 4. The fraction of sp³-hybridized carbons (Fsp3) is 0.625. The topological polar surface area (TPSA) is 91.2 Å². The van der Waals surface area contributed by atoms with Crippen LogP contribution in [0.25, 0.3) is 0 Å². The fourth-order valence-electron chi connectivity index (χ4n) is 0.600. The van der Waals surface area contributed by atoms with Crippen molar-refractivity contribution in [2.75, 3.05) is 20.2 Å². The van der Waals surface area contributed by atoms with Crippen LogP contribution in [0.1, 0.15) is 6.92 Å². The van der Waals surface area contributed by atoms with Gasteiger partial charge in [0.1, 0.15) is 6.54 Å². The van der Waals surface area contributed by atoms with Gasteiger partial charge in [0.05, 0.1) is 12.2 Å². The number of amides is 2. The van der Waals surface area contributed by atoms with Crippen molar-refractivity contribution in [1.82, 2.24) is 10.6 Å². The number of carbonyl (C=O) groups is 2. The Bertz CT molecular complexity index is 247. The van der Waals surface area contributed by atoms with E-state index in [4.69, 9.17) is 10.00 Å². The summed E-state index contributed by atoms with van der Waals surface area (Å²) in [5, 5.41) is 12.6. The first-order valence-corrected chi connectivity index (χ1v) is 4.07. The van der Waals surface area contributed by atoms with Crippen molar-refractivity contribution < 1.29 is 14.3 Å². The molecule has 0 aromatic rings. The highest BCUT2D eigenvalue weighted by Crippen LogP contribution is 1.83. The minimum absolute atomic E-state index is 0.150. The predicted octanol–water partition coefficient (Wildman–Crippen LogP) is -1.22. The summed E-state index contributed by atoms with van der Waals surface area (Å²) in [7, 11) is 1.51. The van der Waals surface area contributed by atoms with Crippen LogP contribution in [0.5, 0.6) is 0 Å². The van der Waals surface area contributed by atoms with Crippen LogP contribution in [-0.4, -0.2) is 38.1 Å². The van der Waals surface area contributed by atoms with Crippen LogP contribution in [-0.2, 0) is 14.3 Å². The van der Waals surface area contributed by atoms with Crippen molar-refractivity contribution in [2.45, 2.75) is 13.0 Å². The lowest BCUT2D eigenvalue weighted by Gasteiger charge is -2.09. The molecule has 14 heavy (non-hydrogen) atoms. The van der Waals surface area contributed by atoms with E-state index in [1.54, 1.807) is 13.0 Å². The van der Waals surface area contributed by atoms with E-state index in [1.807, 2.05) is 0 Å². The van der Waals surface area contributed by atoms with Gasteiger partial charge >= 0.3 is 11.8 Å². The van der Waals surface area contributed by atoms with E-state index in [9.17, 15) is 9.59 Å². The lowest BCUT2D eigenvalue weighted by molar-refractivity contribution is -0.139. The lowest BCUT2D eigenvalue weighted by Crippen LogP contribution is -2.42. The van der Waals surface area contributed by atoms with E-state index in [0.717, 1.165) is 0 Å². The van der Waals surface area contributed by atoms with Gasteiger partial charge in [0.15, 0.2) is 0 Å². The smallest absolute Gasteiger partial charge is 0.310 e. The van der Waals surface area contributed by atoms with Crippen LogP contribution in [0.2, 0.25) is 0 Å². The fourth-order valence-corrected chi connectivity index (χ4v) is 0.600. The molecule has 0 aliphatic carbocycles. The second-order valence-corrected chi connectivity index (χ2v) is 2.60. The van der Waals surface area contributed by atoms with Crippen molar-refractivity contribution in [3.63, 3.8) is 0 Å². The Morgan fingerprint density at radius 1 is 1.43 bits per heavy atom. The van der Waals surface area contributed by atoms with Gasteiger partial charge in [0.25, 0.3) is 0 Å². The van der Waals surface area contributed by atoms with E-state index in [2.05, 4.69) is 10.6 Å². The predicted molar refractivity (Wildman–Crippen MR) is 48.1 cm³/mol. The molecular weight excluding hydrogens is 186 g/mol. The molecule has 0 bridgehead atoms. The number of methoxy groups -OCH3 is 1. The molecule has 6 heteroatoms. The van der Waals surface area contributed by atoms with Gasteiger partial charge < -0.3 is 15.4 Å². The van der Waals surface area contributed by atoms with E-state index < -0.39 is 11.8 Å². The van der Waals surface area contributed by atoms with Gasteiger partial charge in [-0.15, -0.1) is 0 Å². The molecule has 0 saturated carbocycles. The Hall–Kier alpha value is -1.61. The molecule has 1 unspecified atom stereocenters. The summed E-state index contributed by atoms with van der Waals surface area (Å²) in [4.78, 5) is 21.9. The van der Waals surface area contributed by atoms with Crippen molar-refractivity contribution in [3.8, 4) is 6.07 Å². The third-order valence-electron chi connectivity index (χ3n) is 1.49. The van der Waals surface area contributed by atoms with Gasteiger partial charge in [-0.25, -0.2) is 0 Å². The molecular formula is C8H13N3O3. The Morgan fingerprint density at radius 3 is 2.50 bits per heavy atom. The molecule has 6 nitrogen and oxygen atoms in total. The summed E-state index contributed by atoms with van der Waals surface area (Å²) < 4.78 is 4.86. The van der Waals surface area contributed by atoms with Gasteiger partial charge in [-0.3, -0.25) is 9.59 Å². The standard InChI is InChI=1S/C8H13N3O3/c1-6(14-2)5-11-8(13)7(12)10-4-3-9/h6H,4-5H2,1-2H3,(H,10,12)(H,11,13). The van der Waals surface area contributed by atoms with Crippen molar-refractivity contribution in [2.24, 2.45) is 0 Å². The Morgan fingerprint density at radius 2 is 2.00 bits per heavy atom. The highest BCUT2D eigenvalue weighted by Gasteiger charge is 2.12. The average Bonchev–Trinajstić information content (AvgIpc) is 2.21. The number of ether oxygens (including phenoxy) is 1. The molecule has 0 heterocycles. The summed E-state index contributed by atoms with van der Waals surface area (Å²) in [6.45, 7) is 1.84. The Kier molecular flexibility index (Phi) is 6.07. The lowest BCUT2D eigenvalue weighted by atomic mass is 10.4. The number of nitrogens with one attached hydrogen (secondary N) is 2. The van der Waals surface area contributed by atoms with Gasteiger partial charge in [-0.05, 0) is 6.92 Å². The first-order chi connectivity index (χ1) is 6.61. The maximum absolute atomic E-state index is 11.0. The molecule has 0 aromatic heterocycles. The summed E-state index contributed by atoms with van der Waals surface area (Å²) in [6, 6.07) is 1.69. The summed E-state index contributed by atoms with van der Waals surface area (Å²) in [5.74, 6) is -1.57. The molecule has 0 saturated heterocycles. The van der Waals surface area contributed by atoms with Gasteiger partial charge in [0, 0.05) is 13.7 Å². The molecule has 1 atom stereocenters. The van der Waals surface area contributed by atoms with Crippen molar-refractivity contribution >= 4 is 11.8 Å². The molecule has 0 aromatic carbocycles. The number of rotatable bonds is 4. The van der Waals surface area contributed by atoms with Crippen molar-refractivity contribution in [1.29, 1.82) is 5.26 Å². The van der Waals surface area contributed by atoms with Crippen molar-refractivity contribution in [3.05, 3.63) is 0 Å². The first kappa shape index (κ1) is 12.4. The zero-order chi connectivity index (χ0) is 11.0. The van der Waals surface area contributed by atoms with Gasteiger partial charge in [0.2, 0.25) is 0 Å². The quantitative estimate of drug-likeness (QED) is 0.438. The molecule has 0 aliphatic heterocycles. The second-order valence-electron chi connectivity index (χ2n) is 2.60. The minimum Gasteiger partial charge on any atom is -0.380 e. The average molecular weight is 199 g/mol. The third-order valence-corrected chi connectivity index (χ3v) is 1.49. The highest BCUT2D eigenvalue weighted by molar-refractivity contribution is 6.35. The Labute approximate surface area is 82.2 Å². The highest BCUT2D eigenvalue weighted by atomic mass is 16.5. The summed E-state index contributed by atoms with van der Waals surface area (Å²) in [5.41, 5.74) is 0. The van der Waals surface area contributed by atoms with E-state index in [1.165, 1.54) is 7.11 Å². The zero-order valence-electron chi connectivity index (χ0n) is 8.16. The van der Waals surface area contributed by atoms with Crippen LogP contribution in [0.4, 0.5) is 0 Å². The molecule has 2 N–H and O–H groups in total. The van der Waals surface area contributed by atoms with Gasteiger partial charge in [-0.1, -0.05) is 0 Å². The third kappa shape index (κ3) is 5.11. The van der Waals surface area contributed by atoms with Crippen LogP contribution in [0, 0.1) is 11.3 Å². The number of nitrogens with zero attached hydrogens (tertiary/aromatic N) is 1. The number of hydrogen-bond donors (Lipinski definition) is 2. The zero-order valence-corrected chi connectivity index (χ0v) is 8.16. The molecule has 78 valence electrons. The monoisotopic (exact) mass is 199 g/mol. The van der Waals surface area contributed by atoms with Crippen LogP contribution in [0.3, 0.4) is 0 Å². The first-order valence-electron chi connectivity index (χ1n) is 4.07. The van der Waals surface area contributed by atoms with Crippen LogP contribution in [0.15, 0.2) is 0 Å². The summed E-state index contributed by atoms with van der Waals surface area (Å²) >= 11 is 0. The number of carbonyl (C=O) groups excluding carboxylic acids is 2. The molecule has 0 spiro atoms. The molecule has 2 amide bonds. The largest absolute Gasteiger partial charge is 0.380 e. The number of nitriles is 1. The van der Waals surface area contributed by atoms with Crippen LogP contribution >= 0.6 is 0 Å². The molecule has 0 rings (SSSR count). The van der Waals surface area contributed by atoms with E-state index in [-0.39, 0.29) is 19.2 Å². The van der Waals surface area contributed by atoms with Gasteiger partial charge in [-0.2, -0.15) is 5.26 Å². The van der Waals surface area contributed by atoms with Crippen LogP contribution < -0.4 is 10.6 Å². The normalized spacial score (nSPS) is 11.2. The maximum Gasteiger partial charge on any atom is 0.310 e. The minimum atomic E-state index is -0.810. The molecule has 0 fully saturated rings. The summed E-state index contributed by atoms with van der Waals surface area (Å²) in [6.07, 6.45) is -0.150. The maximum atomic E-state index is 11.0. The Balaban J connectivity index is 3.74. The van der Waals surface area contributed by atoms with E-state index in [0.29, 0.717) is 0 Å². The SMILES string of the molecule is COC(C)CNC(=O)C(=O)NCC#N. The molecule has 0 radical (unpaired) electrons. The second kappa shape index (κ2) is 6.86. The van der Waals surface area contributed by atoms with E-state index >= 15 is 0 Å². The molecule has 0 aliphatic rings.